The van der Waals surface area contributed by atoms with Gasteiger partial charge in [-0.15, -0.1) is 0 Å². The van der Waals surface area contributed by atoms with Crippen molar-refractivity contribution in [3.63, 3.8) is 0 Å². The number of morpholine rings is 1. The van der Waals surface area contributed by atoms with Crippen molar-refractivity contribution in [3.8, 4) is 11.4 Å². The SMILES string of the molecule is Cc1cc(-c2nccn2[C@@H]2C[C@H]3CO[C@@H](CCO)CN3C2)ccc1F.O=CO. The fourth-order valence-electron chi connectivity index (χ4n) is 4.05. The average molecular weight is 391 g/mol. The molecule has 2 fully saturated rings. The number of hydrogen-bond acceptors (Lipinski definition) is 5. The van der Waals surface area contributed by atoms with Gasteiger partial charge in [-0.25, -0.2) is 9.37 Å². The van der Waals surface area contributed by atoms with E-state index in [0.717, 1.165) is 37.5 Å². The molecule has 3 heterocycles. The van der Waals surface area contributed by atoms with Gasteiger partial charge in [0.05, 0.1) is 12.7 Å². The number of ether oxygens (including phenoxy) is 1. The summed E-state index contributed by atoms with van der Waals surface area (Å²) in [5, 5.41) is 16.0. The van der Waals surface area contributed by atoms with Crippen LogP contribution in [0.5, 0.6) is 0 Å². The summed E-state index contributed by atoms with van der Waals surface area (Å²) >= 11 is 0. The molecule has 0 aliphatic carbocycles. The van der Waals surface area contributed by atoms with Gasteiger partial charge in [0.15, 0.2) is 0 Å². The normalized spacial score (nSPS) is 24.3. The monoisotopic (exact) mass is 391 g/mol. The average Bonchev–Trinajstić information content (AvgIpc) is 3.31. The first-order valence-corrected chi connectivity index (χ1v) is 9.41. The maximum Gasteiger partial charge on any atom is 0.290 e. The number of fused-ring (bicyclic) bond motifs is 1. The van der Waals surface area contributed by atoms with Crippen LogP contribution in [0.3, 0.4) is 0 Å². The summed E-state index contributed by atoms with van der Waals surface area (Å²) in [6.45, 7) is 4.25. The number of rotatable bonds is 4. The van der Waals surface area contributed by atoms with Gasteiger partial charge >= 0.3 is 0 Å². The zero-order valence-electron chi connectivity index (χ0n) is 15.9. The van der Waals surface area contributed by atoms with Crippen LogP contribution >= 0.6 is 0 Å². The van der Waals surface area contributed by atoms with E-state index >= 15 is 0 Å². The van der Waals surface area contributed by atoms with Gasteiger partial charge in [-0.1, -0.05) is 0 Å². The number of hydrogen-bond donors (Lipinski definition) is 2. The van der Waals surface area contributed by atoms with Gasteiger partial charge < -0.3 is 19.5 Å². The number of aromatic nitrogens is 2. The summed E-state index contributed by atoms with van der Waals surface area (Å²) in [6.07, 6.45) is 5.68. The number of aryl methyl sites for hydroxylation is 1. The van der Waals surface area contributed by atoms with Crippen LogP contribution in [-0.4, -0.2) is 69.6 Å². The van der Waals surface area contributed by atoms with Crippen molar-refractivity contribution < 1.29 is 24.1 Å². The minimum absolute atomic E-state index is 0.127. The van der Waals surface area contributed by atoms with Gasteiger partial charge in [0, 0.05) is 49.7 Å². The van der Waals surface area contributed by atoms with Crippen molar-refractivity contribution in [2.45, 2.75) is 38.0 Å². The fraction of sp³-hybridized carbons (Fsp3) is 0.500. The smallest absolute Gasteiger partial charge is 0.290 e. The quantitative estimate of drug-likeness (QED) is 0.776. The topological polar surface area (TPSA) is 87.8 Å². The van der Waals surface area contributed by atoms with Crippen molar-refractivity contribution >= 4 is 6.47 Å². The Labute approximate surface area is 163 Å². The molecule has 0 amide bonds. The molecule has 1 aromatic heterocycles. The Bertz CT molecular complexity index is 798. The van der Waals surface area contributed by atoms with Gasteiger partial charge in [-0.05, 0) is 43.5 Å². The molecule has 0 radical (unpaired) electrons. The summed E-state index contributed by atoms with van der Waals surface area (Å²) in [4.78, 5) is 15.3. The number of imidazole rings is 1. The standard InChI is InChI=1S/C19H24FN3O2.CH2O2/c1-13-8-14(2-3-18(13)20)19-21-5-6-23(19)15-9-16-12-25-17(4-7-24)11-22(16)10-15;2-1-3/h2-3,5-6,8,15-17,24H,4,7,9-12H2,1H3;1H,(H,2,3)/t15-,16+,17+;/m1./s1. The van der Waals surface area contributed by atoms with E-state index in [-0.39, 0.29) is 25.0 Å². The summed E-state index contributed by atoms with van der Waals surface area (Å²) in [5.74, 6) is 0.702. The Morgan fingerprint density at radius 1 is 1.36 bits per heavy atom. The molecule has 0 unspecified atom stereocenters. The van der Waals surface area contributed by atoms with Crippen LogP contribution in [-0.2, 0) is 9.53 Å². The van der Waals surface area contributed by atoms with E-state index in [9.17, 15) is 4.39 Å². The van der Waals surface area contributed by atoms with E-state index in [4.69, 9.17) is 19.7 Å². The van der Waals surface area contributed by atoms with Gasteiger partial charge in [-0.3, -0.25) is 9.69 Å². The van der Waals surface area contributed by atoms with E-state index in [1.165, 1.54) is 6.07 Å². The van der Waals surface area contributed by atoms with Crippen LogP contribution in [0.15, 0.2) is 30.6 Å². The molecule has 2 N–H and O–H groups in total. The molecule has 0 bridgehead atoms. The molecule has 2 saturated heterocycles. The Morgan fingerprint density at radius 3 is 2.86 bits per heavy atom. The summed E-state index contributed by atoms with van der Waals surface area (Å²) in [6, 6.07) is 5.92. The molecule has 2 aliphatic rings. The zero-order valence-corrected chi connectivity index (χ0v) is 15.9. The fourth-order valence-corrected chi connectivity index (χ4v) is 4.05. The number of halogens is 1. The Kier molecular flexibility index (Phi) is 6.77. The highest BCUT2D eigenvalue weighted by Crippen LogP contribution is 2.34. The lowest BCUT2D eigenvalue weighted by molar-refractivity contribution is -0.122. The van der Waals surface area contributed by atoms with Crippen LogP contribution in [0, 0.1) is 12.7 Å². The minimum atomic E-state index is -0.250. The highest BCUT2D eigenvalue weighted by molar-refractivity contribution is 5.57. The van der Waals surface area contributed by atoms with E-state index < -0.39 is 0 Å². The molecule has 0 saturated carbocycles. The number of aliphatic hydroxyl groups excluding tert-OH is 1. The molecule has 0 spiro atoms. The zero-order chi connectivity index (χ0) is 20.1. The molecule has 28 heavy (non-hydrogen) atoms. The predicted octanol–water partition coefficient (Wildman–Crippen LogP) is 2.10. The summed E-state index contributed by atoms with van der Waals surface area (Å²) < 4.78 is 21.7. The van der Waals surface area contributed by atoms with Crippen molar-refractivity contribution in [2.24, 2.45) is 0 Å². The maximum atomic E-state index is 13.6. The molecular weight excluding hydrogens is 365 g/mol. The Balaban J connectivity index is 0.000000706. The van der Waals surface area contributed by atoms with E-state index in [0.29, 0.717) is 24.1 Å². The third-order valence-electron chi connectivity index (χ3n) is 5.40. The number of benzene rings is 1. The molecule has 7 nitrogen and oxygen atoms in total. The number of aliphatic hydroxyl groups is 1. The van der Waals surface area contributed by atoms with Gasteiger partial charge in [-0.2, -0.15) is 0 Å². The molecule has 1 aromatic carbocycles. The van der Waals surface area contributed by atoms with E-state index in [1.54, 1.807) is 13.0 Å². The minimum Gasteiger partial charge on any atom is -0.483 e. The third-order valence-corrected chi connectivity index (χ3v) is 5.40. The third kappa shape index (κ3) is 4.40. The van der Waals surface area contributed by atoms with Crippen molar-refractivity contribution in [2.75, 3.05) is 26.3 Å². The molecule has 2 aliphatic heterocycles. The second kappa shape index (κ2) is 9.27. The molecule has 2 aromatic rings. The lowest BCUT2D eigenvalue weighted by atomic mass is 10.1. The van der Waals surface area contributed by atoms with Crippen molar-refractivity contribution in [1.82, 2.24) is 14.5 Å². The Morgan fingerprint density at radius 2 is 2.14 bits per heavy atom. The van der Waals surface area contributed by atoms with Crippen LogP contribution < -0.4 is 0 Å². The summed E-state index contributed by atoms with van der Waals surface area (Å²) in [5.41, 5.74) is 1.58. The van der Waals surface area contributed by atoms with E-state index in [2.05, 4.69) is 14.5 Å². The largest absolute Gasteiger partial charge is 0.483 e. The van der Waals surface area contributed by atoms with Crippen molar-refractivity contribution in [1.29, 1.82) is 0 Å². The van der Waals surface area contributed by atoms with Crippen LogP contribution in [0.2, 0.25) is 0 Å². The van der Waals surface area contributed by atoms with Crippen LogP contribution in [0.25, 0.3) is 11.4 Å². The number of nitrogens with zero attached hydrogens (tertiary/aromatic N) is 3. The molecule has 3 atom stereocenters. The Hall–Kier alpha value is -2.29. The molecule has 4 rings (SSSR count). The van der Waals surface area contributed by atoms with Gasteiger partial charge in [0.2, 0.25) is 0 Å². The highest BCUT2D eigenvalue weighted by atomic mass is 19.1. The molecule has 152 valence electrons. The second-order valence-electron chi connectivity index (χ2n) is 7.19. The summed E-state index contributed by atoms with van der Waals surface area (Å²) in [7, 11) is 0. The maximum absolute atomic E-state index is 13.6. The molecule has 8 heteroatoms. The number of carbonyl (C=O) groups is 1. The highest BCUT2D eigenvalue weighted by Gasteiger charge is 2.38. The number of carboxylic acid groups (broad SMARTS) is 1. The first-order valence-electron chi connectivity index (χ1n) is 9.41. The van der Waals surface area contributed by atoms with E-state index in [1.807, 2.05) is 18.5 Å². The lowest BCUT2D eigenvalue weighted by Crippen LogP contribution is -2.46. The molecular formula is C20H26FN3O4. The first-order chi connectivity index (χ1) is 13.6. The van der Waals surface area contributed by atoms with Crippen LogP contribution in [0.4, 0.5) is 4.39 Å². The van der Waals surface area contributed by atoms with Gasteiger partial charge in [0.25, 0.3) is 6.47 Å². The van der Waals surface area contributed by atoms with Crippen molar-refractivity contribution in [3.05, 3.63) is 42.0 Å². The second-order valence-corrected chi connectivity index (χ2v) is 7.19. The first kappa shape index (κ1) is 20.4. The van der Waals surface area contributed by atoms with Crippen LogP contribution in [0.1, 0.15) is 24.4 Å². The lowest BCUT2D eigenvalue weighted by Gasteiger charge is -2.34. The van der Waals surface area contributed by atoms with Gasteiger partial charge in [0.1, 0.15) is 11.6 Å². The predicted molar refractivity (Wildman–Crippen MR) is 102 cm³/mol.